The maximum absolute atomic E-state index is 12.6. The van der Waals surface area contributed by atoms with Gasteiger partial charge in [0.25, 0.3) is 0 Å². The van der Waals surface area contributed by atoms with Crippen LogP contribution in [0.15, 0.2) is 42.9 Å². The first kappa shape index (κ1) is 20.2. The minimum absolute atomic E-state index is 0.120. The van der Waals surface area contributed by atoms with Crippen LogP contribution in [0.2, 0.25) is 0 Å². The number of carbonyl (C=O) groups is 1. The average molecular weight is 404 g/mol. The number of ether oxygens (including phenoxy) is 1. The first-order chi connectivity index (χ1) is 13.5. The summed E-state index contributed by atoms with van der Waals surface area (Å²) < 4.78 is 31.6. The zero-order chi connectivity index (χ0) is 20.0. The molecule has 1 atom stereocenters. The van der Waals surface area contributed by atoms with Crippen molar-refractivity contribution < 1.29 is 17.9 Å². The number of anilines is 1. The van der Waals surface area contributed by atoms with Crippen LogP contribution in [0.4, 0.5) is 5.69 Å². The second-order valence-corrected chi connectivity index (χ2v) is 8.76. The summed E-state index contributed by atoms with van der Waals surface area (Å²) in [5, 5.41) is 2.86. The first-order valence-electron chi connectivity index (χ1n) is 9.30. The summed E-state index contributed by atoms with van der Waals surface area (Å²) in [6.45, 7) is 2.56. The minimum Gasteiger partial charge on any atom is -0.438 e. The van der Waals surface area contributed by atoms with Crippen LogP contribution < -0.4 is 10.1 Å². The molecule has 150 valence electrons. The minimum atomic E-state index is -3.28. The zero-order valence-corrected chi connectivity index (χ0v) is 16.6. The Bertz CT molecular complexity index is 888. The Morgan fingerprint density at radius 2 is 2.07 bits per heavy atom. The van der Waals surface area contributed by atoms with E-state index < -0.39 is 10.0 Å². The molecule has 2 aromatic rings. The highest BCUT2D eigenvalue weighted by atomic mass is 32.2. The van der Waals surface area contributed by atoms with Crippen molar-refractivity contribution in [2.24, 2.45) is 5.92 Å². The molecule has 1 aliphatic rings. The summed E-state index contributed by atoms with van der Waals surface area (Å²) in [5.41, 5.74) is 0.630. The summed E-state index contributed by atoms with van der Waals surface area (Å²) >= 11 is 0. The SMILES string of the molecule is CCCS(=O)(=O)N1CCC[C@H](C(=O)Nc2ccc(Oc3cnccn3)cc2)C1. The number of amides is 1. The Hall–Kier alpha value is -2.52. The van der Waals surface area contributed by atoms with E-state index in [-0.39, 0.29) is 24.1 Å². The molecule has 9 heteroatoms. The zero-order valence-electron chi connectivity index (χ0n) is 15.7. The van der Waals surface area contributed by atoms with E-state index in [1.807, 2.05) is 6.92 Å². The molecule has 1 aromatic heterocycles. The molecule has 0 spiro atoms. The highest BCUT2D eigenvalue weighted by Gasteiger charge is 2.31. The normalized spacial score (nSPS) is 17.8. The van der Waals surface area contributed by atoms with E-state index in [0.717, 1.165) is 0 Å². The van der Waals surface area contributed by atoms with Crippen LogP contribution >= 0.6 is 0 Å². The first-order valence-corrected chi connectivity index (χ1v) is 10.9. The van der Waals surface area contributed by atoms with E-state index in [1.54, 1.807) is 30.5 Å². The van der Waals surface area contributed by atoms with Crippen molar-refractivity contribution in [3.63, 3.8) is 0 Å². The van der Waals surface area contributed by atoms with Gasteiger partial charge in [-0.05, 0) is 43.5 Å². The summed E-state index contributed by atoms with van der Waals surface area (Å²) in [7, 11) is -3.28. The van der Waals surface area contributed by atoms with E-state index in [9.17, 15) is 13.2 Å². The van der Waals surface area contributed by atoms with Crippen LogP contribution in [0, 0.1) is 5.92 Å². The summed E-state index contributed by atoms with van der Waals surface area (Å²) in [6.07, 6.45) is 6.54. The van der Waals surface area contributed by atoms with Crippen LogP contribution in [0.5, 0.6) is 11.6 Å². The lowest BCUT2D eigenvalue weighted by Crippen LogP contribution is -2.44. The largest absolute Gasteiger partial charge is 0.438 e. The topological polar surface area (TPSA) is 101 Å². The monoisotopic (exact) mass is 404 g/mol. The average Bonchev–Trinajstić information content (AvgIpc) is 2.70. The number of carbonyl (C=O) groups excluding carboxylic acids is 1. The number of benzene rings is 1. The van der Waals surface area contributed by atoms with Crippen molar-refractivity contribution in [1.29, 1.82) is 0 Å². The fraction of sp³-hybridized carbons (Fsp3) is 0.421. The number of hydrogen-bond donors (Lipinski definition) is 1. The van der Waals surface area contributed by atoms with Gasteiger partial charge in [-0.2, -0.15) is 0 Å². The van der Waals surface area contributed by atoms with Gasteiger partial charge in [0.1, 0.15) is 5.75 Å². The molecule has 1 fully saturated rings. The third kappa shape index (κ3) is 5.26. The third-order valence-electron chi connectivity index (χ3n) is 4.49. The lowest BCUT2D eigenvalue weighted by atomic mass is 9.99. The second kappa shape index (κ2) is 9.11. The molecule has 0 bridgehead atoms. The predicted molar refractivity (Wildman–Crippen MR) is 106 cm³/mol. The summed E-state index contributed by atoms with van der Waals surface area (Å²) in [4.78, 5) is 20.6. The fourth-order valence-electron chi connectivity index (χ4n) is 3.11. The molecule has 28 heavy (non-hydrogen) atoms. The van der Waals surface area contributed by atoms with Crippen molar-refractivity contribution in [1.82, 2.24) is 14.3 Å². The predicted octanol–water partition coefficient (Wildman–Crippen LogP) is 2.66. The second-order valence-electron chi connectivity index (χ2n) is 6.67. The Morgan fingerprint density at radius 1 is 1.29 bits per heavy atom. The molecule has 0 unspecified atom stereocenters. The van der Waals surface area contributed by atoms with E-state index in [0.29, 0.717) is 43.1 Å². The molecule has 0 aliphatic carbocycles. The van der Waals surface area contributed by atoms with Gasteiger partial charge in [-0.3, -0.25) is 9.78 Å². The van der Waals surface area contributed by atoms with Crippen molar-refractivity contribution >= 4 is 21.6 Å². The van der Waals surface area contributed by atoms with E-state index in [2.05, 4.69) is 15.3 Å². The number of nitrogens with zero attached hydrogens (tertiary/aromatic N) is 3. The number of sulfonamides is 1. The van der Waals surface area contributed by atoms with Crippen molar-refractivity contribution in [3.8, 4) is 11.6 Å². The lowest BCUT2D eigenvalue weighted by Gasteiger charge is -2.31. The maximum atomic E-state index is 12.6. The summed E-state index contributed by atoms with van der Waals surface area (Å²) in [6, 6.07) is 6.92. The van der Waals surface area contributed by atoms with Crippen LogP contribution in [0.1, 0.15) is 26.2 Å². The van der Waals surface area contributed by atoms with Crippen LogP contribution in [-0.4, -0.2) is 47.4 Å². The van der Waals surface area contributed by atoms with Gasteiger partial charge in [-0.1, -0.05) is 6.92 Å². The number of rotatable bonds is 7. The van der Waals surface area contributed by atoms with Crippen molar-refractivity contribution in [3.05, 3.63) is 42.9 Å². The molecule has 1 amide bonds. The van der Waals surface area contributed by atoms with E-state index in [1.165, 1.54) is 16.7 Å². The molecule has 3 rings (SSSR count). The fourth-order valence-corrected chi connectivity index (χ4v) is 4.69. The number of hydrogen-bond acceptors (Lipinski definition) is 6. The van der Waals surface area contributed by atoms with Crippen molar-refractivity contribution in [2.75, 3.05) is 24.2 Å². The molecule has 1 N–H and O–H groups in total. The molecule has 1 saturated heterocycles. The summed E-state index contributed by atoms with van der Waals surface area (Å²) in [5.74, 6) is 0.562. The van der Waals surface area contributed by atoms with Crippen molar-refractivity contribution in [2.45, 2.75) is 26.2 Å². The van der Waals surface area contributed by atoms with Gasteiger partial charge in [-0.25, -0.2) is 17.7 Å². The Labute approximate surface area is 165 Å². The van der Waals surface area contributed by atoms with Gasteiger partial charge in [0.2, 0.25) is 21.8 Å². The van der Waals surface area contributed by atoms with E-state index >= 15 is 0 Å². The lowest BCUT2D eigenvalue weighted by molar-refractivity contribution is -0.120. The van der Waals surface area contributed by atoms with Gasteiger partial charge < -0.3 is 10.1 Å². The third-order valence-corrected chi connectivity index (χ3v) is 6.54. The van der Waals surface area contributed by atoms with Crippen LogP contribution in [0.3, 0.4) is 0 Å². The highest BCUT2D eigenvalue weighted by molar-refractivity contribution is 7.89. The standard InChI is InChI=1S/C19H24N4O4S/c1-2-12-28(25,26)23-11-3-4-15(14-23)19(24)22-16-5-7-17(8-6-16)27-18-13-20-9-10-21-18/h5-10,13,15H,2-4,11-12,14H2,1H3,(H,22,24)/t15-/m0/s1. The van der Waals surface area contributed by atoms with Gasteiger partial charge in [-0.15, -0.1) is 0 Å². The Morgan fingerprint density at radius 3 is 2.75 bits per heavy atom. The smallest absolute Gasteiger partial charge is 0.237 e. The van der Waals surface area contributed by atoms with Gasteiger partial charge in [0, 0.05) is 31.2 Å². The number of piperidine rings is 1. The molecule has 0 radical (unpaired) electrons. The maximum Gasteiger partial charge on any atom is 0.237 e. The van der Waals surface area contributed by atoms with Crippen LogP contribution in [0.25, 0.3) is 0 Å². The molecule has 2 heterocycles. The van der Waals surface area contributed by atoms with Gasteiger partial charge >= 0.3 is 0 Å². The molecule has 0 saturated carbocycles. The number of aromatic nitrogens is 2. The Balaban J connectivity index is 1.58. The molecule has 1 aromatic carbocycles. The molecular weight excluding hydrogens is 380 g/mol. The highest BCUT2D eigenvalue weighted by Crippen LogP contribution is 2.24. The van der Waals surface area contributed by atoms with Crippen LogP contribution in [-0.2, 0) is 14.8 Å². The Kier molecular flexibility index (Phi) is 6.58. The molecule has 8 nitrogen and oxygen atoms in total. The quantitative estimate of drug-likeness (QED) is 0.761. The molecular formula is C19H24N4O4S. The van der Waals surface area contributed by atoms with E-state index in [4.69, 9.17) is 4.74 Å². The number of nitrogens with one attached hydrogen (secondary N) is 1. The molecule has 1 aliphatic heterocycles. The van der Waals surface area contributed by atoms with Gasteiger partial charge in [0.15, 0.2) is 0 Å². The van der Waals surface area contributed by atoms with Gasteiger partial charge in [0.05, 0.1) is 17.9 Å².